The van der Waals surface area contributed by atoms with Crippen LogP contribution in [-0.2, 0) is 6.42 Å². The monoisotopic (exact) mass is 296 g/mol. The Morgan fingerprint density at radius 3 is 2.63 bits per heavy atom. The third kappa shape index (κ3) is 4.10. The zero-order valence-electron chi connectivity index (χ0n) is 10.4. The fourth-order valence-electron chi connectivity index (χ4n) is 1.69. The van der Waals surface area contributed by atoms with Gasteiger partial charge in [-0.15, -0.1) is 0 Å². The van der Waals surface area contributed by atoms with Crippen LogP contribution in [0.4, 0.5) is 0 Å². The molecule has 1 aromatic heterocycles. The van der Waals surface area contributed by atoms with Crippen molar-refractivity contribution in [3.63, 3.8) is 0 Å². The summed E-state index contributed by atoms with van der Waals surface area (Å²) in [5, 5.41) is 1.17. The molecule has 0 aliphatic heterocycles. The van der Waals surface area contributed by atoms with Crippen molar-refractivity contribution in [2.45, 2.75) is 19.4 Å². The van der Waals surface area contributed by atoms with Gasteiger partial charge in [-0.2, -0.15) is 0 Å². The molecule has 3 nitrogen and oxygen atoms in total. The number of hydrogen-bond donors (Lipinski definition) is 1. The van der Waals surface area contributed by atoms with Crippen LogP contribution in [-0.4, -0.2) is 11.0 Å². The largest absolute Gasteiger partial charge is 0.456 e. The fourth-order valence-corrected chi connectivity index (χ4v) is 2.10. The highest BCUT2D eigenvalue weighted by Gasteiger charge is 2.06. The molecular formula is C14H14Cl2N2O. The van der Waals surface area contributed by atoms with Gasteiger partial charge in [-0.3, -0.25) is 4.98 Å². The first-order valence-corrected chi connectivity index (χ1v) is 6.62. The number of pyridine rings is 1. The Morgan fingerprint density at radius 1 is 1.21 bits per heavy atom. The van der Waals surface area contributed by atoms with E-state index in [2.05, 4.69) is 4.98 Å². The van der Waals surface area contributed by atoms with Gasteiger partial charge >= 0.3 is 0 Å². The summed E-state index contributed by atoms with van der Waals surface area (Å²) < 4.78 is 5.64. The quantitative estimate of drug-likeness (QED) is 0.925. The second-order valence-corrected chi connectivity index (χ2v) is 5.22. The lowest BCUT2D eigenvalue weighted by molar-refractivity contribution is 0.480. The third-order valence-electron chi connectivity index (χ3n) is 2.48. The first-order valence-electron chi connectivity index (χ1n) is 5.87. The number of nitrogens with two attached hydrogens (primary N) is 1. The topological polar surface area (TPSA) is 48.1 Å². The van der Waals surface area contributed by atoms with Gasteiger partial charge in [0, 0.05) is 23.3 Å². The van der Waals surface area contributed by atoms with Gasteiger partial charge in [0.15, 0.2) is 0 Å². The zero-order chi connectivity index (χ0) is 13.8. The minimum Gasteiger partial charge on any atom is -0.456 e. The Balaban J connectivity index is 2.16. The van der Waals surface area contributed by atoms with Crippen LogP contribution < -0.4 is 10.5 Å². The summed E-state index contributed by atoms with van der Waals surface area (Å²) in [5.41, 5.74) is 6.77. The summed E-state index contributed by atoms with van der Waals surface area (Å²) in [6.45, 7) is 1.94. The van der Waals surface area contributed by atoms with E-state index in [1.165, 1.54) is 0 Å². The molecule has 0 aliphatic rings. The van der Waals surface area contributed by atoms with E-state index in [9.17, 15) is 0 Å². The summed E-state index contributed by atoms with van der Waals surface area (Å²) >= 11 is 12.0. The first kappa shape index (κ1) is 14.1. The lowest BCUT2D eigenvalue weighted by Crippen LogP contribution is -2.17. The van der Waals surface area contributed by atoms with E-state index < -0.39 is 0 Å². The van der Waals surface area contributed by atoms with E-state index in [1.807, 2.05) is 19.1 Å². The van der Waals surface area contributed by atoms with Gasteiger partial charge in [0.2, 0.25) is 0 Å². The van der Waals surface area contributed by atoms with E-state index in [-0.39, 0.29) is 6.04 Å². The molecule has 100 valence electrons. The van der Waals surface area contributed by atoms with Crippen molar-refractivity contribution in [2.24, 2.45) is 5.73 Å². The molecule has 1 atom stereocenters. The molecule has 0 amide bonds. The smallest absolute Gasteiger partial charge is 0.147 e. The molecule has 5 heteroatoms. The van der Waals surface area contributed by atoms with Crippen LogP contribution >= 0.6 is 23.2 Å². The van der Waals surface area contributed by atoms with E-state index in [0.29, 0.717) is 21.5 Å². The molecule has 0 spiro atoms. The molecule has 0 fully saturated rings. The second kappa shape index (κ2) is 6.24. The predicted octanol–water partition coefficient (Wildman–Crippen LogP) is 4.07. The van der Waals surface area contributed by atoms with Crippen LogP contribution in [0, 0.1) is 0 Å². The molecule has 0 saturated carbocycles. The Morgan fingerprint density at radius 2 is 2.00 bits per heavy atom. The highest BCUT2D eigenvalue weighted by Crippen LogP contribution is 2.28. The predicted molar refractivity (Wildman–Crippen MR) is 78.1 cm³/mol. The van der Waals surface area contributed by atoms with Crippen LogP contribution in [0.15, 0.2) is 36.7 Å². The molecule has 0 bridgehead atoms. The summed E-state index contributed by atoms with van der Waals surface area (Å²) in [5.74, 6) is 1.21. The van der Waals surface area contributed by atoms with Gasteiger partial charge in [-0.25, -0.2) is 0 Å². The van der Waals surface area contributed by atoms with Crippen LogP contribution in [0.2, 0.25) is 10.0 Å². The van der Waals surface area contributed by atoms with Crippen molar-refractivity contribution >= 4 is 23.2 Å². The standard InChI is InChI=1S/C14H14Cl2N2O/c1-9(17)4-10-2-3-12(6-14(10)16)19-13-5-11(15)7-18-8-13/h2-3,5-9H,4,17H2,1H3. The number of rotatable bonds is 4. The van der Waals surface area contributed by atoms with E-state index in [4.69, 9.17) is 33.7 Å². The van der Waals surface area contributed by atoms with Crippen LogP contribution in [0.3, 0.4) is 0 Å². The Kier molecular flexibility index (Phi) is 4.64. The van der Waals surface area contributed by atoms with Crippen molar-refractivity contribution in [3.05, 3.63) is 52.3 Å². The SMILES string of the molecule is CC(N)Cc1ccc(Oc2cncc(Cl)c2)cc1Cl. The van der Waals surface area contributed by atoms with Gasteiger partial charge in [-0.05, 0) is 31.0 Å². The molecule has 0 saturated heterocycles. The van der Waals surface area contributed by atoms with Crippen molar-refractivity contribution in [1.29, 1.82) is 0 Å². The van der Waals surface area contributed by atoms with Crippen molar-refractivity contribution < 1.29 is 4.74 Å². The molecule has 0 radical (unpaired) electrons. The minimum absolute atomic E-state index is 0.0707. The summed E-state index contributed by atoms with van der Waals surface area (Å²) in [6, 6.07) is 7.29. The molecule has 1 aromatic carbocycles. The molecule has 2 rings (SSSR count). The number of ether oxygens (including phenoxy) is 1. The maximum atomic E-state index is 6.19. The molecule has 19 heavy (non-hydrogen) atoms. The Hall–Kier alpha value is -1.29. The minimum atomic E-state index is 0.0707. The summed E-state index contributed by atoms with van der Waals surface area (Å²) in [7, 11) is 0. The van der Waals surface area contributed by atoms with Crippen molar-refractivity contribution in [1.82, 2.24) is 4.98 Å². The average Bonchev–Trinajstić information content (AvgIpc) is 2.32. The number of nitrogens with zero attached hydrogens (tertiary/aromatic N) is 1. The van der Waals surface area contributed by atoms with E-state index in [0.717, 1.165) is 12.0 Å². The number of halogens is 2. The normalized spacial score (nSPS) is 12.2. The zero-order valence-corrected chi connectivity index (χ0v) is 11.9. The number of hydrogen-bond acceptors (Lipinski definition) is 3. The maximum absolute atomic E-state index is 6.19. The van der Waals surface area contributed by atoms with Gasteiger partial charge in [-0.1, -0.05) is 29.3 Å². The number of aromatic nitrogens is 1. The highest BCUT2D eigenvalue weighted by atomic mass is 35.5. The van der Waals surface area contributed by atoms with E-state index in [1.54, 1.807) is 24.5 Å². The third-order valence-corrected chi connectivity index (χ3v) is 3.04. The molecule has 0 aliphatic carbocycles. The lowest BCUT2D eigenvalue weighted by atomic mass is 10.1. The fraction of sp³-hybridized carbons (Fsp3) is 0.214. The molecule has 1 unspecified atom stereocenters. The van der Waals surface area contributed by atoms with Gasteiger partial charge in [0.25, 0.3) is 0 Å². The molecular weight excluding hydrogens is 283 g/mol. The second-order valence-electron chi connectivity index (χ2n) is 4.38. The maximum Gasteiger partial charge on any atom is 0.147 e. The van der Waals surface area contributed by atoms with Crippen LogP contribution in [0.25, 0.3) is 0 Å². The van der Waals surface area contributed by atoms with Crippen LogP contribution in [0.1, 0.15) is 12.5 Å². The summed E-state index contributed by atoms with van der Waals surface area (Å²) in [6.07, 6.45) is 3.88. The average molecular weight is 297 g/mol. The van der Waals surface area contributed by atoms with Crippen LogP contribution in [0.5, 0.6) is 11.5 Å². The van der Waals surface area contributed by atoms with Crippen molar-refractivity contribution in [3.8, 4) is 11.5 Å². The molecule has 2 aromatic rings. The van der Waals surface area contributed by atoms with Gasteiger partial charge in [0.05, 0.1) is 11.2 Å². The Labute approximate surface area is 122 Å². The van der Waals surface area contributed by atoms with Gasteiger partial charge in [0.1, 0.15) is 11.5 Å². The van der Waals surface area contributed by atoms with E-state index >= 15 is 0 Å². The summed E-state index contributed by atoms with van der Waals surface area (Å²) in [4.78, 5) is 3.95. The van der Waals surface area contributed by atoms with Crippen molar-refractivity contribution in [2.75, 3.05) is 0 Å². The molecule has 2 N–H and O–H groups in total. The molecule has 1 heterocycles. The lowest BCUT2D eigenvalue weighted by Gasteiger charge is -2.10. The van der Waals surface area contributed by atoms with Gasteiger partial charge < -0.3 is 10.5 Å². The first-order chi connectivity index (χ1) is 9.04. The Bertz CT molecular complexity index is 573. The number of benzene rings is 1. The highest BCUT2D eigenvalue weighted by molar-refractivity contribution is 6.31.